The Balaban J connectivity index is 1.57. The first-order valence-corrected chi connectivity index (χ1v) is 12.1. The number of anilines is 3. The van der Waals surface area contributed by atoms with E-state index in [0.717, 1.165) is 35.5 Å². The van der Waals surface area contributed by atoms with Crippen LogP contribution in [-0.2, 0) is 4.74 Å². The molecule has 2 heterocycles. The number of nitrogen functional groups attached to an aromatic ring is 1. The molecule has 0 bridgehead atoms. The summed E-state index contributed by atoms with van der Waals surface area (Å²) in [4.78, 5) is 19.0. The second-order valence-corrected chi connectivity index (χ2v) is 9.09. The van der Waals surface area contributed by atoms with Gasteiger partial charge in [-0.05, 0) is 35.7 Å². The topological polar surface area (TPSA) is 71.7 Å². The molecule has 6 nitrogen and oxygen atoms in total. The van der Waals surface area contributed by atoms with Crippen LogP contribution in [0, 0.1) is 6.92 Å². The highest BCUT2D eigenvalue weighted by molar-refractivity contribution is 7.18. The van der Waals surface area contributed by atoms with E-state index in [-0.39, 0.29) is 11.6 Å². The molecule has 1 aliphatic rings. The average Bonchev–Trinajstić information content (AvgIpc) is 3.26. The number of aryl methyl sites for hydroxylation is 1. The van der Waals surface area contributed by atoms with E-state index in [9.17, 15) is 4.79 Å². The number of benzene rings is 3. The zero-order chi connectivity index (χ0) is 23.5. The van der Waals surface area contributed by atoms with Gasteiger partial charge in [-0.15, -0.1) is 0 Å². The summed E-state index contributed by atoms with van der Waals surface area (Å²) in [5, 5.41) is 4.91. The van der Waals surface area contributed by atoms with E-state index in [1.165, 1.54) is 11.3 Å². The van der Waals surface area contributed by atoms with Crippen molar-refractivity contribution in [3.05, 3.63) is 94.9 Å². The number of aromatic nitrogens is 1. The van der Waals surface area contributed by atoms with E-state index in [1.807, 2.05) is 85.8 Å². The van der Waals surface area contributed by atoms with E-state index in [1.54, 1.807) is 0 Å². The molecule has 0 unspecified atom stereocenters. The van der Waals surface area contributed by atoms with Gasteiger partial charge in [0.1, 0.15) is 10.7 Å². The first-order chi connectivity index (χ1) is 16.6. The second-order valence-electron chi connectivity index (χ2n) is 8.12. The molecular weight excluding hydrogens is 444 g/mol. The van der Waals surface area contributed by atoms with Crippen molar-refractivity contribution in [2.75, 3.05) is 37.0 Å². The summed E-state index contributed by atoms with van der Waals surface area (Å²) in [7, 11) is 0. The predicted molar refractivity (Wildman–Crippen MR) is 138 cm³/mol. The van der Waals surface area contributed by atoms with Gasteiger partial charge in [-0.2, -0.15) is 0 Å². The van der Waals surface area contributed by atoms with E-state index in [0.29, 0.717) is 28.8 Å². The van der Waals surface area contributed by atoms with Crippen molar-refractivity contribution in [3.63, 3.8) is 0 Å². The molecule has 0 spiro atoms. The summed E-state index contributed by atoms with van der Waals surface area (Å²) >= 11 is 1.33. The number of hydrazine groups is 1. The van der Waals surface area contributed by atoms with Gasteiger partial charge in [0, 0.05) is 18.7 Å². The van der Waals surface area contributed by atoms with Crippen LogP contribution in [0.1, 0.15) is 20.8 Å². The van der Waals surface area contributed by atoms with Gasteiger partial charge in [0.2, 0.25) is 10.9 Å². The fraction of sp³-hybridized carbons (Fsp3) is 0.185. The molecule has 1 aromatic heterocycles. The molecule has 0 radical (unpaired) electrons. The fourth-order valence-electron chi connectivity index (χ4n) is 4.23. The van der Waals surface area contributed by atoms with E-state index >= 15 is 0 Å². The minimum absolute atomic E-state index is 0.104. The molecule has 3 aromatic carbocycles. The number of hydrogen-bond donors (Lipinski definition) is 1. The van der Waals surface area contributed by atoms with Crippen LogP contribution < -0.4 is 10.7 Å². The van der Waals surface area contributed by atoms with Crippen LogP contribution in [0.5, 0.6) is 0 Å². The third kappa shape index (κ3) is 4.33. The number of para-hydroxylation sites is 1. The zero-order valence-corrected chi connectivity index (χ0v) is 19.8. The van der Waals surface area contributed by atoms with Crippen molar-refractivity contribution in [2.24, 2.45) is 0 Å². The van der Waals surface area contributed by atoms with Crippen LogP contribution in [0.25, 0.3) is 11.1 Å². The Morgan fingerprint density at radius 2 is 1.65 bits per heavy atom. The highest BCUT2D eigenvalue weighted by Gasteiger charge is 2.28. The normalized spacial score (nSPS) is 14.1. The largest absolute Gasteiger partial charge is 0.382 e. The van der Waals surface area contributed by atoms with Crippen LogP contribution in [0.4, 0.5) is 16.6 Å². The van der Waals surface area contributed by atoms with Crippen molar-refractivity contribution in [1.29, 1.82) is 0 Å². The maximum absolute atomic E-state index is 13.9. The van der Waals surface area contributed by atoms with Crippen LogP contribution >= 0.6 is 11.3 Å². The van der Waals surface area contributed by atoms with Gasteiger partial charge in [-0.3, -0.25) is 4.79 Å². The Labute approximate surface area is 203 Å². The summed E-state index contributed by atoms with van der Waals surface area (Å²) < 4.78 is 5.55. The third-order valence-electron chi connectivity index (χ3n) is 5.89. The predicted octanol–water partition coefficient (Wildman–Crippen LogP) is 5.32. The number of carbonyl (C=O) groups is 1. The standard InChI is InChI=1S/C27H26N4O2S/c1-19-9-8-14-22(20-10-4-2-5-11-20)23(19)24(32)25-26(28)29-27(34-25)31(21-12-6-3-7-13-21)30-15-17-33-18-16-30/h2-14H,15-18,28H2,1H3. The summed E-state index contributed by atoms with van der Waals surface area (Å²) in [6, 6.07) is 25.9. The van der Waals surface area contributed by atoms with Gasteiger partial charge in [0.15, 0.2) is 0 Å². The number of thiazole rings is 1. The summed E-state index contributed by atoms with van der Waals surface area (Å²) in [5.41, 5.74) is 10.8. The smallest absolute Gasteiger partial charge is 0.207 e. The lowest BCUT2D eigenvalue weighted by Gasteiger charge is -2.36. The van der Waals surface area contributed by atoms with Gasteiger partial charge in [0.05, 0.1) is 18.9 Å². The van der Waals surface area contributed by atoms with Gasteiger partial charge in [-0.25, -0.2) is 15.0 Å². The molecule has 172 valence electrons. The maximum Gasteiger partial charge on any atom is 0.207 e. The lowest BCUT2D eigenvalue weighted by molar-refractivity contribution is 0.0378. The van der Waals surface area contributed by atoms with Gasteiger partial charge >= 0.3 is 0 Å². The molecule has 2 N–H and O–H groups in total. The molecule has 34 heavy (non-hydrogen) atoms. The Morgan fingerprint density at radius 1 is 0.971 bits per heavy atom. The number of nitrogens with two attached hydrogens (primary N) is 1. The lowest BCUT2D eigenvalue weighted by atomic mass is 9.93. The zero-order valence-electron chi connectivity index (χ0n) is 19.0. The molecule has 4 aromatic rings. The first kappa shape index (κ1) is 22.3. The minimum atomic E-state index is -0.104. The number of nitrogens with zero attached hydrogens (tertiary/aromatic N) is 3. The van der Waals surface area contributed by atoms with Crippen molar-refractivity contribution in [3.8, 4) is 11.1 Å². The molecule has 0 atom stereocenters. The monoisotopic (exact) mass is 470 g/mol. The highest BCUT2D eigenvalue weighted by atomic mass is 32.1. The summed E-state index contributed by atoms with van der Waals surface area (Å²) in [5.74, 6) is 0.148. The van der Waals surface area contributed by atoms with Crippen molar-refractivity contribution in [2.45, 2.75) is 6.92 Å². The number of ketones is 1. The minimum Gasteiger partial charge on any atom is -0.382 e. The average molecular weight is 471 g/mol. The van der Waals surface area contributed by atoms with Gasteiger partial charge in [0.25, 0.3) is 0 Å². The molecule has 1 aliphatic heterocycles. The number of rotatable bonds is 6. The van der Waals surface area contributed by atoms with E-state index in [4.69, 9.17) is 10.5 Å². The molecule has 1 saturated heterocycles. The SMILES string of the molecule is Cc1cccc(-c2ccccc2)c1C(=O)c1sc(N(c2ccccc2)N2CCOCC2)nc1N. The Bertz CT molecular complexity index is 1280. The number of ether oxygens (including phenoxy) is 1. The quantitative estimate of drug-likeness (QED) is 0.385. The van der Waals surface area contributed by atoms with Crippen molar-refractivity contribution in [1.82, 2.24) is 9.99 Å². The Kier molecular flexibility index (Phi) is 6.40. The van der Waals surface area contributed by atoms with E-state index in [2.05, 4.69) is 15.0 Å². The summed E-state index contributed by atoms with van der Waals surface area (Å²) in [6.07, 6.45) is 0. The van der Waals surface area contributed by atoms with E-state index < -0.39 is 0 Å². The van der Waals surface area contributed by atoms with Crippen molar-refractivity contribution < 1.29 is 9.53 Å². The molecule has 0 aliphatic carbocycles. The molecular formula is C27H26N4O2S. The lowest BCUT2D eigenvalue weighted by Crippen LogP contribution is -2.46. The Hall–Kier alpha value is -3.52. The molecule has 1 fully saturated rings. The fourth-order valence-corrected chi connectivity index (χ4v) is 5.21. The Morgan fingerprint density at radius 3 is 2.35 bits per heavy atom. The molecule has 0 saturated carbocycles. The molecule has 0 amide bonds. The van der Waals surface area contributed by atoms with Crippen molar-refractivity contribution >= 4 is 33.8 Å². The number of hydrogen-bond acceptors (Lipinski definition) is 7. The third-order valence-corrected chi connectivity index (χ3v) is 6.93. The first-order valence-electron chi connectivity index (χ1n) is 11.3. The van der Waals surface area contributed by atoms with Crippen LogP contribution in [-0.4, -0.2) is 42.1 Å². The van der Waals surface area contributed by atoms with Gasteiger partial charge in [-0.1, -0.05) is 78.1 Å². The van der Waals surface area contributed by atoms with Crippen LogP contribution in [0.15, 0.2) is 78.9 Å². The van der Waals surface area contributed by atoms with Gasteiger partial charge < -0.3 is 10.5 Å². The molecule has 5 rings (SSSR count). The van der Waals surface area contributed by atoms with Crippen LogP contribution in [0.3, 0.4) is 0 Å². The summed E-state index contributed by atoms with van der Waals surface area (Å²) in [6.45, 7) is 4.70. The van der Waals surface area contributed by atoms with Crippen LogP contribution in [0.2, 0.25) is 0 Å². The highest BCUT2D eigenvalue weighted by Crippen LogP contribution is 2.37. The number of carbonyl (C=O) groups excluding carboxylic acids is 1. The second kappa shape index (κ2) is 9.77. The maximum atomic E-state index is 13.9. The molecule has 7 heteroatoms. The number of morpholine rings is 1.